The van der Waals surface area contributed by atoms with Gasteiger partial charge in [0.25, 0.3) is 0 Å². The number of sulfonamides is 1. The normalized spacial score (nSPS) is 12.7. The minimum Gasteiger partial charge on any atom is -0.492 e. The van der Waals surface area contributed by atoms with Crippen molar-refractivity contribution >= 4 is 38.7 Å². The number of rotatable bonds is 12. The minimum atomic E-state index is -3.38. The Hall–Kier alpha value is -3.34. The van der Waals surface area contributed by atoms with Gasteiger partial charge in [0.05, 0.1) is 19.0 Å². The van der Waals surface area contributed by atoms with Gasteiger partial charge in [-0.1, -0.05) is 12.1 Å². The summed E-state index contributed by atoms with van der Waals surface area (Å²) in [5.41, 5.74) is 3.76. The second-order valence-corrected chi connectivity index (χ2v) is 9.77. The maximum Gasteiger partial charge on any atom is 0.330 e. The van der Waals surface area contributed by atoms with E-state index >= 15 is 0 Å². The van der Waals surface area contributed by atoms with Crippen molar-refractivity contribution in [2.75, 3.05) is 37.3 Å². The molecular weight excluding hydrogens is 470 g/mol. The van der Waals surface area contributed by atoms with E-state index in [4.69, 9.17) is 9.47 Å². The van der Waals surface area contributed by atoms with Crippen LogP contribution in [0.1, 0.15) is 29.8 Å². The van der Waals surface area contributed by atoms with Crippen LogP contribution in [-0.4, -0.2) is 57.0 Å². The molecule has 2 aromatic carbocycles. The molecule has 0 aliphatic heterocycles. The predicted octanol–water partition coefficient (Wildman–Crippen LogP) is 3.13. The van der Waals surface area contributed by atoms with Gasteiger partial charge in [-0.05, 0) is 49.8 Å². The molecule has 0 bridgehead atoms. The minimum absolute atomic E-state index is 0.288. The lowest BCUT2D eigenvalue weighted by Gasteiger charge is -2.14. The zero-order valence-corrected chi connectivity index (χ0v) is 20.8. The number of aliphatic hydroxyl groups excluding tert-OH is 1. The lowest BCUT2D eigenvalue weighted by atomic mass is 10.1. The molecule has 0 spiro atoms. The average molecular weight is 502 g/mol. The van der Waals surface area contributed by atoms with Gasteiger partial charge in [-0.25, -0.2) is 13.2 Å². The SMILES string of the molecule is CCOC(=O)/C=C/c1c(C)[nH]c2cc(OCCNC[C@H](O)c3cccc(NS(C)(=O)=O)c3)ccc12. The molecule has 3 rings (SSSR count). The summed E-state index contributed by atoms with van der Waals surface area (Å²) >= 11 is 0. The highest BCUT2D eigenvalue weighted by Crippen LogP contribution is 2.27. The molecule has 1 aromatic heterocycles. The number of hydrogen-bond donors (Lipinski definition) is 4. The van der Waals surface area contributed by atoms with Crippen LogP contribution in [0.3, 0.4) is 0 Å². The van der Waals surface area contributed by atoms with E-state index in [1.54, 1.807) is 37.3 Å². The largest absolute Gasteiger partial charge is 0.492 e. The number of aromatic amines is 1. The van der Waals surface area contributed by atoms with Gasteiger partial charge in [-0.2, -0.15) is 0 Å². The van der Waals surface area contributed by atoms with Crippen molar-refractivity contribution in [2.24, 2.45) is 0 Å². The molecular formula is C25H31N3O6S. The number of carbonyl (C=O) groups is 1. The fourth-order valence-electron chi connectivity index (χ4n) is 3.60. The number of anilines is 1. The molecule has 10 heteroatoms. The highest BCUT2D eigenvalue weighted by Gasteiger charge is 2.10. The first-order valence-corrected chi connectivity index (χ1v) is 13.1. The Morgan fingerprint density at radius 2 is 2.03 bits per heavy atom. The molecule has 0 radical (unpaired) electrons. The molecule has 35 heavy (non-hydrogen) atoms. The number of aryl methyl sites for hydroxylation is 1. The Labute approximate surface area is 205 Å². The number of nitrogens with one attached hydrogen (secondary N) is 3. The summed E-state index contributed by atoms with van der Waals surface area (Å²) in [4.78, 5) is 14.9. The lowest BCUT2D eigenvalue weighted by molar-refractivity contribution is -0.137. The van der Waals surface area contributed by atoms with Crippen molar-refractivity contribution in [3.05, 3.63) is 65.4 Å². The molecule has 3 aromatic rings. The first-order valence-electron chi connectivity index (χ1n) is 11.2. The van der Waals surface area contributed by atoms with E-state index in [1.807, 2.05) is 25.1 Å². The Morgan fingerprint density at radius 1 is 1.23 bits per heavy atom. The summed E-state index contributed by atoms with van der Waals surface area (Å²) in [6.07, 6.45) is 3.45. The van der Waals surface area contributed by atoms with Crippen LogP contribution in [-0.2, 0) is 19.6 Å². The number of aromatic nitrogens is 1. The summed E-state index contributed by atoms with van der Waals surface area (Å²) in [5, 5.41) is 14.5. The topological polar surface area (TPSA) is 130 Å². The van der Waals surface area contributed by atoms with Crippen molar-refractivity contribution in [1.82, 2.24) is 10.3 Å². The summed E-state index contributed by atoms with van der Waals surface area (Å²) in [7, 11) is -3.38. The molecule has 1 heterocycles. The second kappa shape index (κ2) is 11.9. The number of fused-ring (bicyclic) bond motifs is 1. The van der Waals surface area contributed by atoms with Gasteiger partial charge < -0.3 is 24.9 Å². The first-order chi connectivity index (χ1) is 16.7. The first kappa shape index (κ1) is 26.3. The summed E-state index contributed by atoms with van der Waals surface area (Å²) in [5.74, 6) is 0.318. The van der Waals surface area contributed by atoms with Crippen LogP contribution in [0.4, 0.5) is 5.69 Å². The zero-order chi connectivity index (χ0) is 25.4. The third kappa shape index (κ3) is 7.84. The van der Waals surface area contributed by atoms with Crippen molar-refractivity contribution < 1.29 is 27.8 Å². The van der Waals surface area contributed by atoms with Crippen LogP contribution < -0.4 is 14.8 Å². The van der Waals surface area contributed by atoms with Gasteiger partial charge in [0, 0.05) is 53.1 Å². The molecule has 0 unspecified atom stereocenters. The van der Waals surface area contributed by atoms with Gasteiger partial charge in [0.1, 0.15) is 12.4 Å². The van der Waals surface area contributed by atoms with Crippen LogP contribution in [0.2, 0.25) is 0 Å². The predicted molar refractivity (Wildman–Crippen MR) is 137 cm³/mol. The summed E-state index contributed by atoms with van der Waals surface area (Å²) < 4.78 is 35.9. The van der Waals surface area contributed by atoms with Gasteiger partial charge in [-0.3, -0.25) is 4.72 Å². The molecule has 0 aliphatic rings. The third-order valence-electron chi connectivity index (χ3n) is 5.14. The van der Waals surface area contributed by atoms with Gasteiger partial charge >= 0.3 is 5.97 Å². The second-order valence-electron chi connectivity index (χ2n) is 8.02. The number of H-pyrrole nitrogens is 1. The van der Waals surface area contributed by atoms with Crippen LogP contribution in [0, 0.1) is 6.92 Å². The lowest BCUT2D eigenvalue weighted by Crippen LogP contribution is -2.26. The molecule has 0 amide bonds. The number of esters is 1. The van der Waals surface area contributed by atoms with Crippen molar-refractivity contribution in [1.29, 1.82) is 0 Å². The number of hydrogen-bond acceptors (Lipinski definition) is 7. The smallest absolute Gasteiger partial charge is 0.330 e. The van der Waals surface area contributed by atoms with E-state index in [-0.39, 0.29) is 12.5 Å². The quantitative estimate of drug-likeness (QED) is 0.170. The van der Waals surface area contributed by atoms with Crippen LogP contribution in [0.5, 0.6) is 5.75 Å². The van der Waals surface area contributed by atoms with Gasteiger partial charge in [0.2, 0.25) is 10.0 Å². The number of carbonyl (C=O) groups excluding carboxylic acids is 1. The fourth-order valence-corrected chi connectivity index (χ4v) is 4.16. The number of aliphatic hydroxyl groups is 1. The van der Waals surface area contributed by atoms with E-state index in [2.05, 4.69) is 15.0 Å². The van der Waals surface area contributed by atoms with Crippen LogP contribution >= 0.6 is 0 Å². The molecule has 1 atom stereocenters. The summed E-state index contributed by atoms with van der Waals surface area (Å²) in [6, 6.07) is 12.4. The molecule has 9 nitrogen and oxygen atoms in total. The van der Waals surface area contributed by atoms with Crippen molar-refractivity contribution in [2.45, 2.75) is 20.0 Å². The van der Waals surface area contributed by atoms with Crippen LogP contribution in [0.15, 0.2) is 48.5 Å². The molecule has 0 aliphatic carbocycles. The average Bonchev–Trinajstić information content (AvgIpc) is 3.10. The van der Waals surface area contributed by atoms with Crippen molar-refractivity contribution in [3.63, 3.8) is 0 Å². The maximum atomic E-state index is 11.6. The van der Waals surface area contributed by atoms with Gasteiger partial charge in [0.15, 0.2) is 0 Å². The molecule has 0 fully saturated rings. The molecule has 4 N–H and O–H groups in total. The molecule has 0 saturated heterocycles. The Balaban J connectivity index is 1.50. The number of benzene rings is 2. The van der Waals surface area contributed by atoms with E-state index in [9.17, 15) is 18.3 Å². The standard InChI is InChI=1S/C25H31N3O6S/c1-4-33-25(30)11-10-21-17(2)27-23-15-20(8-9-22(21)23)34-13-12-26-16-24(29)18-6-5-7-19(14-18)28-35(3,31)32/h5-11,14-15,24,26-29H,4,12-13,16H2,1-3H3/b11-10+/t24-/m0/s1. The fraction of sp³-hybridized carbons (Fsp3) is 0.320. The van der Waals surface area contributed by atoms with Gasteiger partial charge in [-0.15, -0.1) is 0 Å². The van der Waals surface area contributed by atoms with E-state index < -0.39 is 16.1 Å². The van der Waals surface area contributed by atoms with Crippen LogP contribution in [0.25, 0.3) is 17.0 Å². The van der Waals surface area contributed by atoms with E-state index in [0.29, 0.717) is 36.8 Å². The summed E-state index contributed by atoms with van der Waals surface area (Å²) in [6.45, 7) is 5.23. The van der Waals surface area contributed by atoms with Crippen molar-refractivity contribution in [3.8, 4) is 5.75 Å². The highest BCUT2D eigenvalue weighted by molar-refractivity contribution is 7.92. The van der Waals surface area contributed by atoms with E-state index in [0.717, 1.165) is 28.4 Å². The highest BCUT2D eigenvalue weighted by atomic mass is 32.2. The molecule has 0 saturated carbocycles. The maximum absolute atomic E-state index is 11.6. The Morgan fingerprint density at radius 3 is 2.77 bits per heavy atom. The number of ether oxygens (including phenoxy) is 2. The zero-order valence-electron chi connectivity index (χ0n) is 20.0. The van der Waals surface area contributed by atoms with E-state index in [1.165, 1.54) is 6.08 Å². The Kier molecular flexibility index (Phi) is 8.91. The Bertz CT molecular complexity index is 1300. The monoisotopic (exact) mass is 501 g/mol. The molecule has 188 valence electrons. The third-order valence-corrected chi connectivity index (χ3v) is 5.75.